The van der Waals surface area contributed by atoms with Gasteiger partial charge in [0, 0.05) is 5.57 Å². The molecule has 1 unspecified atom stereocenters. The van der Waals surface area contributed by atoms with Gasteiger partial charge in [-0.3, -0.25) is 0 Å². The van der Waals surface area contributed by atoms with Crippen LogP contribution in [0.3, 0.4) is 0 Å². The number of hydrogen-bond acceptors (Lipinski definition) is 2. The van der Waals surface area contributed by atoms with Crippen LogP contribution in [0.1, 0.15) is 72.1 Å². The highest BCUT2D eigenvalue weighted by molar-refractivity contribution is 5.86. The Kier molecular flexibility index (Phi) is 10.8. The van der Waals surface area contributed by atoms with Gasteiger partial charge in [0.15, 0.2) is 0 Å². The van der Waals surface area contributed by atoms with Crippen LogP contribution in [0.4, 0.5) is 0 Å². The van der Waals surface area contributed by atoms with E-state index in [1.54, 1.807) is 6.92 Å². The fourth-order valence-electron chi connectivity index (χ4n) is 2.07. The minimum Gasteiger partial charge on any atom is -0.462 e. The monoisotopic (exact) mass is 254 g/mol. The summed E-state index contributed by atoms with van der Waals surface area (Å²) in [7, 11) is 0. The highest BCUT2D eigenvalue weighted by Crippen LogP contribution is 2.19. The minimum atomic E-state index is -0.258. The van der Waals surface area contributed by atoms with E-state index in [4.69, 9.17) is 4.74 Å². The third-order valence-electron chi connectivity index (χ3n) is 3.38. The number of rotatable bonds is 11. The first-order valence-corrected chi connectivity index (χ1v) is 7.44. The number of unbranched alkanes of at least 4 members (excludes halogenated alkanes) is 3. The zero-order valence-corrected chi connectivity index (χ0v) is 12.5. The molecule has 0 amide bonds. The highest BCUT2D eigenvalue weighted by Gasteiger charge is 2.07. The van der Waals surface area contributed by atoms with Gasteiger partial charge in [0.1, 0.15) is 0 Å². The molecule has 0 spiro atoms. The van der Waals surface area contributed by atoms with Gasteiger partial charge in [0.25, 0.3) is 0 Å². The molecular weight excluding hydrogens is 224 g/mol. The standard InChI is InChI=1S/C16H30O2/c1-5-7-8-9-11-15(6-2)12-10-13-18-16(17)14(3)4/h15H,3,5-13H2,1-2,4H3. The van der Waals surface area contributed by atoms with Gasteiger partial charge in [0.2, 0.25) is 0 Å². The summed E-state index contributed by atoms with van der Waals surface area (Å²) in [6.07, 6.45) is 10.1. The predicted molar refractivity (Wildman–Crippen MR) is 77.5 cm³/mol. The largest absolute Gasteiger partial charge is 0.462 e. The molecule has 1 atom stereocenters. The summed E-state index contributed by atoms with van der Waals surface area (Å²) in [5.74, 6) is 0.538. The van der Waals surface area contributed by atoms with E-state index in [2.05, 4.69) is 20.4 Å². The van der Waals surface area contributed by atoms with Gasteiger partial charge in [-0.25, -0.2) is 4.79 Å². The van der Waals surface area contributed by atoms with E-state index in [0.717, 1.165) is 12.3 Å². The normalized spacial score (nSPS) is 12.2. The lowest BCUT2D eigenvalue weighted by molar-refractivity contribution is -0.139. The Bertz CT molecular complexity index is 233. The van der Waals surface area contributed by atoms with Crippen molar-refractivity contribution in [3.8, 4) is 0 Å². The van der Waals surface area contributed by atoms with Crippen LogP contribution >= 0.6 is 0 Å². The predicted octanol–water partition coefficient (Wildman–Crippen LogP) is 4.88. The second-order valence-corrected chi connectivity index (χ2v) is 5.18. The molecule has 2 heteroatoms. The molecule has 0 aromatic heterocycles. The van der Waals surface area contributed by atoms with Crippen LogP contribution in [0.25, 0.3) is 0 Å². The Balaban J connectivity index is 3.55. The van der Waals surface area contributed by atoms with E-state index in [9.17, 15) is 4.79 Å². The van der Waals surface area contributed by atoms with Crippen molar-refractivity contribution < 1.29 is 9.53 Å². The molecule has 0 saturated carbocycles. The molecule has 0 rings (SSSR count). The molecule has 0 heterocycles. The third-order valence-corrected chi connectivity index (χ3v) is 3.38. The first kappa shape index (κ1) is 17.2. The Morgan fingerprint density at radius 1 is 1.11 bits per heavy atom. The molecule has 2 nitrogen and oxygen atoms in total. The fraction of sp³-hybridized carbons (Fsp3) is 0.812. The van der Waals surface area contributed by atoms with Crippen molar-refractivity contribution in [3.63, 3.8) is 0 Å². The van der Waals surface area contributed by atoms with Crippen LogP contribution in [0.2, 0.25) is 0 Å². The molecule has 0 aliphatic heterocycles. The van der Waals surface area contributed by atoms with Crippen LogP contribution in [0.5, 0.6) is 0 Å². The number of carbonyl (C=O) groups is 1. The fourth-order valence-corrected chi connectivity index (χ4v) is 2.07. The first-order chi connectivity index (χ1) is 8.61. The summed E-state index contributed by atoms with van der Waals surface area (Å²) in [6.45, 7) is 10.3. The Morgan fingerprint density at radius 2 is 1.78 bits per heavy atom. The average molecular weight is 254 g/mol. The maximum absolute atomic E-state index is 11.2. The minimum absolute atomic E-state index is 0.258. The molecule has 106 valence electrons. The second-order valence-electron chi connectivity index (χ2n) is 5.18. The second kappa shape index (κ2) is 11.3. The van der Waals surface area contributed by atoms with Crippen molar-refractivity contribution in [3.05, 3.63) is 12.2 Å². The van der Waals surface area contributed by atoms with Crippen LogP contribution < -0.4 is 0 Å². The van der Waals surface area contributed by atoms with Crippen molar-refractivity contribution >= 4 is 5.97 Å². The molecule has 0 saturated heterocycles. The molecule has 0 radical (unpaired) electrons. The summed E-state index contributed by atoms with van der Waals surface area (Å²) < 4.78 is 5.10. The first-order valence-electron chi connectivity index (χ1n) is 7.44. The highest BCUT2D eigenvalue weighted by atomic mass is 16.5. The SMILES string of the molecule is C=C(C)C(=O)OCCCC(CC)CCCCCC. The van der Waals surface area contributed by atoms with E-state index < -0.39 is 0 Å². The topological polar surface area (TPSA) is 26.3 Å². The molecule has 0 N–H and O–H groups in total. The van der Waals surface area contributed by atoms with E-state index in [1.807, 2.05) is 0 Å². The zero-order chi connectivity index (χ0) is 13.8. The molecule has 0 aliphatic rings. The van der Waals surface area contributed by atoms with E-state index in [-0.39, 0.29) is 5.97 Å². The quantitative estimate of drug-likeness (QED) is 0.298. The van der Waals surface area contributed by atoms with Crippen molar-refractivity contribution in [2.45, 2.75) is 72.1 Å². The number of ether oxygens (including phenoxy) is 1. The average Bonchev–Trinajstić information content (AvgIpc) is 2.36. The summed E-state index contributed by atoms with van der Waals surface area (Å²) in [5, 5.41) is 0. The lowest BCUT2D eigenvalue weighted by Crippen LogP contribution is -2.08. The summed E-state index contributed by atoms with van der Waals surface area (Å²) in [5.41, 5.74) is 0.488. The van der Waals surface area contributed by atoms with Crippen molar-refractivity contribution in [2.24, 2.45) is 5.92 Å². The maximum Gasteiger partial charge on any atom is 0.333 e. The summed E-state index contributed by atoms with van der Waals surface area (Å²) >= 11 is 0. The molecular formula is C16H30O2. The van der Waals surface area contributed by atoms with Crippen molar-refractivity contribution in [1.82, 2.24) is 0 Å². The zero-order valence-electron chi connectivity index (χ0n) is 12.5. The van der Waals surface area contributed by atoms with Gasteiger partial charge in [-0.05, 0) is 25.7 Å². The smallest absolute Gasteiger partial charge is 0.333 e. The van der Waals surface area contributed by atoms with Crippen LogP contribution in [0, 0.1) is 5.92 Å². The van der Waals surface area contributed by atoms with Crippen molar-refractivity contribution in [1.29, 1.82) is 0 Å². The summed E-state index contributed by atoms with van der Waals surface area (Å²) in [6, 6.07) is 0. The molecule has 0 aromatic rings. The van der Waals surface area contributed by atoms with Crippen LogP contribution in [-0.2, 0) is 9.53 Å². The lowest BCUT2D eigenvalue weighted by Gasteiger charge is -2.14. The molecule has 18 heavy (non-hydrogen) atoms. The number of esters is 1. The Hall–Kier alpha value is -0.790. The molecule has 0 bridgehead atoms. The Morgan fingerprint density at radius 3 is 2.33 bits per heavy atom. The van der Waals surface area contributed by atoms with Gasteiger partial charge in [-0.15, -0.1) is 0 Å². The summed E-state index contributed by atoms with van der Waals surface area (Å²) in [4.78, 5) is 11.2. The number of carbonyl (C=O) groups excluding carboxylic acids is 1. The molecule has 0 aliphatic carbocycles. The maximum atomic E-state index is 11.2. The molecule has 0 aromatic carbocycles. The van der Waals surface area contributed by atoms with Crippen molar-refractivity contribution in [2.75, 3.05) is 6.61 Å². The van der Waals surface area contributed by atoms with E-state index in [1.165, 1.54) is 44.9 Å². The number of hydrogen-bond donors (Lipinski definition) is 0. The van der Waals surface area contributed by atoms with Crippen LogP contribution in [0.15, 0.2) is 12.2 Å². The van der Waals surface area contributed by atoms with Gasteiger partial charge in [-0.1, -0.05) is 59.0 Å². The van der Waals surface area contributed by atoms with Gasteiger partial charge < -0.3 is 4.74 Å². The molecule has 0 fully saturated rings. The van der Waals surface area contributed by atoms with Crippen LogP contribution in [-0.4, -0.2) is 12.6 Å². The van der Waals surface area contributed by atoms with Gasteiger partial charge >= 0.3 is 5.97 Å². The lowest BCUT2D eigenvalue weighted by atomic mass is 9.94. The van der Waals surface area contributed by atoms with Gasteiger partial charge in [0.05, 0.1) is 6.61 Å². The third kappa shape index (κ3) is 9.26. The van der Waals surface area contributed by atoms with E-state index >= 15 is 0 Å². The van der Waals surface area contributed by atoms with E-state index in [0.29, 0.717) is 12.2 Å². The Labute approximate surface area is 113 Å². The van der Waals surface area contributed by atoms with Gasteiger partial charge in [-0.2, -0.15) is 0 Å².